The average molecular weight is 523 g/mol. The molecule has 7 heteroatoms. The molecule has 1 atom stereocenters. The molecule has 6 nitrogen and oxygen atoms in total. The summed E-state index contributed by atoms with van der Waals surface area (Å²) in [7, 11) is 0. The van der Waals surface area contributed by atoms with Crippen LogP contribution in [0.25, 0.3) is 16.9 Å². The largest absolute Gasteiger partial charge is 0.352 e. The molecule has 1 fully saturated rings. The van der Waals surface area contributed by atoms with E-state index in [2.05, 4.69) is 36.5 Å². The number of anilines is 1. The van der Waals surface area contributed by atoms with Crippen molar-refractivity contribution in [2.24, 2.45) is 0 Å². The molecule has 38 heavy (non-hydrogen) atoms. The Balaban J connectivity index is 1.63. The zero-order chi connectivity index (χ0) is 26.2. The molecule has 1 aliphatic heterocycles. The van der Waals surface area contributed by atoms with Crippen LogP contribution >= 0.6 is 11.8 Å². The first-order valence-corrected chi connectivity index (χ1v) is 14.1. The van der Waals surface area contributed by atoms with Crippen LogP contribution in [0.5, 0.6) is 0 Å². The molecule has 4 aromatic rings. The third-order valence-electron chi connectivity index (χ3n) is 7.20. The van der Waals surface area contributed by atoms with Gasteiger partial charge in [0.2, 0.25) is 11.8 Å². The summed E-state index contributed by atoms with van der Waals surface area (Å²) in [6.07, 6.45) is 1.99. The molecule has 1 unspecified atom stereocenters. The van der Waals surface area contributed by atoms with Crippen LogP contribution in [0.2, 0.25) is 0 Å². The molecule has 1 aliphatic carbocycles. The standard InChI is InChI=1S/C31H30N4O2S/c1-20-10-6-8-14-24(20)30-28-29(22-12-4-3-5-13-22)33-35(25-15-9-7-11-21(25)2)31(28)34(27(37)19-38-30)18-26(36)32-23-16-17-23/h3-15,23,30H,16-19H2,1-2H3,(H,32,36). The monoisotopic (exact) mass is 522 g/mol. The molecule has 6 rings (SSSR count). The summed E-state index contributed by atoms with van der Waals surface area (Å²) in [4.78, 5) is 28.5. The minimum Gasteiger partial charge on any atom is -0.352 e. The molecule has 2 heterocycles. The van der Waals surface area contributed by atoms with Crippen LogP contribution < -0.4 is 10.2 Å². The van der Waals surface area contributed by atoms with E-state index in [-0.39, 0.29) is 35.4 Å². The molecule has 1 aromatic heterocycles. The van der Waals surface area contributed by atoms with Gasteiger partial charge in [-0.15, -0.1) is 11.8 Å². The van der Waals surface area contributed by atoms with E-state index in [1.54, 1.807) is 16.7 Å². The third kappa shape index (κ3) is 4.63. The average Bonchev–Trinajstić information content (AvgIpc) is 3.68. The van der Waals surface area contributed by atoms with E-state index < -0.39 is 0 Å². The van der Waals surface area contributed by atoms with Gasteiger partial charge in [-0.05, 0) is 49.4 Å². The highest BCUT2D eigenvalue weighted by molar-refractivity contribution is 8.00. The predicted molar refractivity (Wildman–Crippen MR) is 153 cm³/mol. The number of benzene rings is 3. The van der Waals surface area contributed by atoms with Gasteiger partial charge < -0.3 is 5.32 Å². The van der Waals surface area contributed by atoms with E-state index >= 15 is 0 Å². The number of hydrogen-bond acceptors (Lipinski definition) is 4. The van der Waals surface area contributed by atoms with Crippen LogP contribution in [0.3, 0.4) is 0 Å². The highest BCUT2D eigenvalue weighted by Gasteiger charge is 2.38. The summed E-state index contributed by atoms with van der Waals surface area (Å²) in [5.41, 5.74) is 7.00. The molecule has 1 N–H and O–H groups in total. The first kappa shape index (κ1) is 24.5. The number of carbonyl (C=O) groups is 2. The fraction of sp³-hybridized carbons (Fsp3) is 0.258. The minimum absolute atomic E-state index is 0.0326. The Hall–Kier alpha value is -3.84. The molecular formula is C31H30N4O2S. The number of nitrogens with zero attached hydrogens (tertiary/aromatic N) is 3. The predicted octanol–water partition coefficient (Wildman–Crippen LogP) is 5.60. The topological polar surface area (TPSA) is 67.2 Å². The molecule has 0 radical (unpaired) electrons. The number of rotatable bonds is 6. The van der Waals surface area contributed by atoms with Gasteiger partial charge in [-0.25, -0.2) is 4.68 Å². The summed E-state index contributed by atoms with van der Waals surface area (Å²) in [6.45, 7) is 4.12. The van der Waals surface area contributed by atoms with Crippen LogP contribution in [-0.4, -0.2) is 39.9 Å². The van der Waals surface area contributed by atoms with Gasteiger partial charge in [-0.2, -0.15) is 5.10 Å². The molecule has 3 aromatic carbocycles. The Morgan fingerprint density at radius 3 is 2.34 bits per heavy atom. The second-order valence-corrected chi connectivity index (χ2v) is 11.1. The fourth-order valence-corrected chi connectivity index (χ4v) is 6.36. The third-order valence-corrected chi connectivity index (χ3v) is 8.43. The number of aromatic nitrogens is 2. The van der Waals surface area contributed by atoms with Crippen molar-refractivity contribution in [3.8, 4) is 16.9 Å². The number of thioether (sulfide) groups is 1. The lowest BCUT2D eigenvalue weighted by Gasteiger charge is -2.24. The Labute approximate surface area is 227 Å². The number of nitrogens with one attached hydrogen (secondary N) is 1. The van der Waals surface area contributed by atoms with Gasteiger partial charge in [0.1, 0.15) is 12.4 Å². The lowest BCUT2D eigenvalue weighted by molar-refractivity contribution is -0.123. The minimum atomic E-state index is -0.134. The maximum Gasteiger partial charge on any atom is 0.240 e. The SMILES string of the molecule is Cc1ccccc1C1SCC(=O)N(CC(=O)NC2CC2)c2c1c(-c1ccccc1)nn2-c1ccccc1C. The van der Waals surface area contributed by atoms with E-state index in [1.807, 2.05) is 66.2 Å². The number of carbonyl (C=O) groups excluding carboxylic acids is 2. The number of fused-ring (bicyclic) bond motifs is 1. The maximum atomic E-state index is 13.8. The lowest BCUT2D eigenvalue weighted by Crippen LogP contribution is -2.43. The second kappa shape index (κ2) is 10.1. The van der Waals surface area contributed by atoms with Gasteiger partial charge in [0.15, 0.2) is 0 Å². The van der Waals surface area contributed by atoms with Crippen LogP contribution in [0.15, 0.2) is 78.9 Å². The summed E-state index contributed by atoms with van der Waals surface area (Å²) in [6, 6.07) is 26.7. The molecule has 1 saturated carbocycles. The summed E-state index contributed by atoms with van der Waals surface area (Å²) < 4.78 is 1.88. The molecule has 192 valence electrons. The van der Waals surface area contributed by atoms with Crippen molar-refractivity contribution >= 4 is 29.4 Å². The van der Waals surface area contributed by atoms with Crippen molar-refractivity contribution in [3.63, 3.8) is 0 Å². The Morgan fingerprint density at radius 1 is 0.947 bits per heavy atom. The quantitative estimate of drug-likeness (QED) is 0.358. The van der Waals surface area contributed by atoms with Gasteiger partial charge in [-0.1, -0.05) is 72.8 Å². The first-order valence-electron chi connectivity index (χ1n) is 13.0. The summed E-state index contributed by atoms with van der Waals surface area (Å²) in [5.74, 6) is 0.719. The van der Waals surface area contributed by atoms with E-state index in [0.717, 1.165) is 52.0 Å². The van der Waals surface area contributed by atoms with Crippen LogP contribution in [0.1, 0.15) is 40.3 Å². The van der Waals surface area contributed by atoms with E-state index in [4.69, 9.17) is 5.10 Å². The summed E-state index contributed by atoms with van der Waals surface area (Å²) in [5, 5.41) is 8.12. The second-order valence-electron chi connectivity index (χ2n) is 10.0. The number of aryl methyl sites for hydroxylation is 2. The van der Waals surface area contributed by atoms with Crippen molar-refractivity contribution in [1.82, 2.24) is 15.1 Å². The number of hydrogen-bond donors (Lipinski definition) is 1. The number of amides is 2. The van der Waals surface area contributed by atoms with Gasteiger partial charge in [0, 0.05) is 17.2 Å². The van der Waals surface area contributed by atoms with Crippen LogP contribution in [-0.2, 0) is 9.59 Å². The molecular weight excluding hydrogens is 492 g/mol. The van der Waals surface area contributed by atoms with Crippen LogP contribution in [0, 0.1) is 13.8 Å². The van der Waals surface area contributed by atoms with Crippen molar-refractivity contribution in [2.45, 2.75) is 38.0 Å². The van der Waals surface area contributed by atoms with Crippen LogP contribution in [0.4, 0.5) is 5.82 Å². The highest BCUT2D eigenvalue weighted by Crippen LogP contribution is 2.49. The smallest absolute Gasteiger partial charge is 0.240 e. The Kier molecular flexibility index (Phi) is 6.54. The van der Waals surface area contributed by atoms with Crippen molar-refractivity contribution in [1.29, 1.82) is 0 Å². The maximum absolute atomic E-state index is 13.8. The van der Waals surface area contributed by atoms with Gasteiger partial charge in [0.25, 0.3) is 0 Å². The normalized spacial score (nSPS) is 17.2. The summed E-state index contributed by atoms with van der Waals surface area (Å²) >= 11 is 1.60. The zero-order valence-electron chi connectivity index (χ0n) is 21.6. The fourth-order valence-electron chi connectivity index (χ4n) is 5.07. The van der Waals surface area contributed by atoms with Gasteiger partial charge in [0.05, 0.1) is 22.4 Å². The van der Waals surface area contributed by atoms with E-state index in [0.29, 0.717) is 5.82 Å². The Morgan fingerprint density at radius 2 is 1.63 bits per heavy atom. The Bertz CT molecular complexity index is 1510. The van der Waals surface area contributed by atoms with Crippen molar-refractivity contribution in [3.05, 3.63) is 101 Å². The van der Waals surface area contributed by atoms with Gasteiger partial charge in [-0.3, -0.25) is 14.5 Å². The number of para-hydroxylation sites is 1. The molecule has 2 amide bonds. The van der Waals surface area contributed by atoms with Crippen molar-refractivity contribution < 1.29 is 9.59 Å². The highest BCUT2D eigenvalue weighted by atomic mass is 32.2. The molecule has 0 spiro atoms. The molecule has 0 saturated heterocycles. The van der Waals surface area contributed by atoms with Gasteiger partial charge >= 0.3 is 0 Å². The zero-order valence-corrected chi connectivity index (χ0v) is 22.4. The first-order chi connectivity index (χ1) is 18.5. The van der Waals surface area contributed by atoms with Crippen molar-refractivity contribution in [2.75, 3.05) is 17.2 Å². The van der Waals surface area contributed by atoms with E-state index in [1.165, 1.54) is 0 Å². The molecule has 0 bridgehead atoms. The lowest BCUT2D eigenvalue weighted by atomic mass is 9.96. The van der Waals surface area contributed by atoms with E-state index in [9.17, 15) is 9.59 Å². The molecule has 2 aliphatic rings.